The third-order valence-electron chi connectivity index (χ3n) is 3.56. The average Bonchev–Trinajstić information content (AvgIpc) is 3.03. The van der Waals surface area contributed by atoms with Crippen LogP contribution in [0.2, 0.25) is 0 Å². The summed E-state index contributed by atoms with van der Waals surface area (Å²) in [7, 11) is 3.17. The van der Waals surface area contributed by atoms with Gasteiger partial charge in [-0.25, -0.2) is 0 Å². The molecular weight excluding hydrogens is 262 g/mol. The highest BCUT2D eigenvalue weighted by Gasteiger charge is 2.22. The van der Waals surface area contributed by atoms with E-state index in [0.29, 0.717) is 16.3 Å². The Labute approximate surface area is 117 Å². The number of nitrogen functional groups attached to an aromatic ring is 1. The molecule has 5 nitrogen and oxygen atoms in total. The van der Waals surface area contributed by atoms with Crippen molar-refractivity contribution < 1.29 is 9.53 Å². The van der Waals surface area contributed by atoms with Crippen LogP contribution in [0, 0.1) is 5.92 Å². The van der Waals surface area contributed by atoms with Gasteiger partial charge in [0.1, 0.15) is 15.6 Å². The van der Waals surface area contributed by atoms with Crippen molar-refractivity contribution in [1.29, 1.82) is 0 Å². The first-order chi connectivity index (χ1) is 9.17. The van der Waals surface area contributed by atoms with Crippen molar-refractivity contribution in [3.05, 3.63) is 4.88 Å². The number of nitrogens with one attached hydrogen (secondary N) is 2. The molecule has 0 atom stereocenters. The molecule has 6 heteroatoms. The van der Waals surface area contributed by atoms with Crippen LogP contribution in [0.25, 0.3) is 0 Å². The third kappa shape index (κ3) is 2.94. The first-order valence-corrected chi connectivity index (χ1v) is 7.41. The van der Waals surface area contributed by atoms with Gasteiger partial charge >= 0.3 is 0 Å². The molecule has 1 heterocycles. The largest absolute Gasteiger partial charge is 0.492 e. The summed E-state index contributed by atoms with van der Waals surface area (Å²) in [5.74, 6) is 1.13. The van der Waals surface area contributed by atoms with Crippen LogP contribution in [0.15, 0.2) is 0 Å². The van der Waals surface area contributed by atoms with Crippen molar-refractivity contribution in [2.45, 2.75) is 25.7 Å². The number of carbonyl (C=O) groups excluding carboxylic acids is 1. The predicted octanol–water partition coefficient (Wildman–Crippen LogP) is 2.30. The maximum Gasteiger partial charge on any atom is 0.263 e. The maximum absolute atomic E-state index is 11.7. The number of hydrogen-bond donors (Lipinski definition) is 3. The molecule has 0 radical (unpaired) electrons. The number of ether oxygens (including phenoxy) is 1. The fraction of sp³-hybridized carbons (Fsp3) is 0.615. The van der Waals surface area contributed by atoms with Gasteiger partial charge in [0.25, 0.3) is 5.91 Å². The maximum atomic E-state index is 11.7. The van der Waals surface area contributed by atoms with Crippen molar-refractivity contribution in [3.8, 4) is 5.75 Å². The number of amides is 1. The molecule has 4 N–H and O–H groups in total. The Kier molecular flexibility index (Phi) is 4.52. The monoisotopic (exact) mass is 283 g/mol. The van der Waals surface area contributed by atoms with E-state index in [1.165, 1.54) is 37.0 Å². The molecule has 1 aromatic rings. The Morgan fingerprint density at radius 1 is 1.47 bits per heavy atom. The van der Waals surface area contributed by atoms with Crippen molar-refractivity contribution in [2.75, 3.05) is 31.8 Å². The van der Waals surface area contributed by atoms with E-state index >= 15 is 0 Å². The molecule has 0 bridgehead atoms. The Morgan fingerprint density at radius 2 is 2.16 bits per heavy atom. The molecule has 0 aliphatic heterocycles. The van der Waals surface area contributed by atoms with Gasteiger partial charge in [-0.05, 0) is 18.8 Å². The number of carbonyl (C=O) groups is 1. The second-order valence-electron chi connectivity index (χ2n) is 4.82. The number of methoxy groups -OCH3 is 1. The Bertz CT molecular complexity index is 453. The van der Waals surface area contributed by atoms with E-state index < -0.39 is 0 Å². The Morgan fingerprint density at radius 3 is 2.74 bits per heavy atom. The average molecular weight is 283 g/mol. The summed E-state index contributed by atoms with van der Waals surface area (Å²) in [6, 6.07) is 0. The zero-order chi connectivity index (χ0) is 13.8. The lowest BCUT2D eigenvalue weighted by atomic mass is 10.1. The fourth-order valence-corrected chi connectivity index (χ4v) is 3.52. The quantitative estimate of drug-likeness (QED) is 0.775. The van der Waals surface area contributed by atoms with E-state index in [0.717, 1.165) is 17.5 Å². The van der Waals surface area contributed by atoms with E-state index in [9.17, 15) is 4.79 Å². The second kappa shape index (κ2) is 6.14. The van der Waals surface area contributed by atoms with Gasteiger partial charge in [-0.2, -0.15) is 0 Å². The van der Waals surface area contributed by atoms with Gasteiger partial charge in [-0.1, -0.05) is 12.8 Å². The van der Waals surface area contributed by atoms with Gasteiger partial charge in [0.2, 0.25) is 0 Å². The molecule has 0 aromatic carbocycles. The zero-order valence-electron chi connectivity index (χ0n) is 11.4. The van der Waals surface area contributed by atoms with Gasteiger partial charge in [0.05, 0.1) is 7.11 Å². The predicted molar refractivity (Wildman–Crippen MR) is 79.1 cm³/mol. The molecule has 1 fully saturated rings. The van der Waals surface area contributed by atoms with Crippen molar-refractivity contribution in [3.63, 3.8) is 0 Å². The number of nitrogens with two attached hydrogens (primary N) is 1. The highest BCUT2D eigenvalue weighted by atomic mass is 32.1. The second-order valence-corrected chi connectivity index (χ2v) is 5.84. The first kappa shape index (κ1) is 14.0. The van der Waals surface area contributed by atoms with Gasteiger partial charge < -0.3 is 21.1 Å². The van der Waals surface area contributed by atoms with E-state index in [1.54, 1.807) is 14.2 Å². The summed E-state index contributed by atoms with van der Waals surface area (Å²) in [4.78, 5) is 12.2. The highest BCUT2D eigenvalue weighted by Crippen LogP contribution is 2.42. The summed E-state index contributed by atoms with van der Waals surface area (Å²) >= 11 is 1.35. The van der Waals surface area contributed by atoms with Crippen LogP contribution in [0.1, 0.15) is 35.4 Å². The van der Waals surface area contributed by atoms with Crippen LogP contribution in [-0.2, 0) is 0 Å². The van der Waals surface area contributed by atoms with E-state index in [2.05, 4.69) is 10.6 Å². The zero-order valence-corrected chi connectivity index (χ0v) is 12.2. The fourth-order valence-electron chi connectivity index (χ4n) is 2.48. The smallest absolute Gasteiger partial charge is 0.263 e. The minimum Gasteiger partial charge on any atom is -0.492 e. The molecule has 106 valence electrons. The molecule has 0 saturated heterocycles. The Hall–Kier alpha value is -1.43. The summed E-state index contributed by atoms with van der Waals surface area (Å²) in [5, 5.41) is 6.82. The molecular formula is C13H21N3O2S. The number of hydrogen-bond acceptors (Lipinski definition) is 5. The summed E-state index contributed by atoms with van der Waals surface area (Å²) in [6.45, 7) is 0.920. The molecule has 0 spiro atoms. The van der Waals surface area contributed by atoms with E-state index in [-0.39, 0.29) is 5.91 Å². The molecule has 19 heavy (non-hydrogen) atoms. The molecule has 2 rings (SSSR count). The van der Waals surface area contributed by atoms with Gasteiger partial charge in [-0.15, -0.1) is 11.3 Å². The van der Waals surface area contributed by atoms with Gasteiger partial charge in [0.15, 0.2) is 5.75 Å². The number of rotatable bonds is 5. The molecule has 0 unspecified atom stereocenters. The minimum absolute atomic E-state index is 0.172. The van der Waals surface area contributed by atoms with Crippen LogP contribution < -0.4 is 21.1 Å². The highest BCUT2D eigenvalue weighted by molar-refractivity contribution is 7.19. The van der Waals surface area contributed by atoms with E-state index in [1.807, 2.05) is 0 Å². The normalized spacial score (nSPS) is 15.5. The lowest BCUT2D eigenvalue weighted by molar-refractivity contribution is 0.0967. The SMILES string of the molecule is CNC(=O)c1sc(NCC2CCCC2)c(OC)c1N. The molecule has 1 aliphatic rings. The van der Waals surface area contributed by atoms with Gasteiger partial charge in [0, 0.05) is 13.6 Å². The molecule has 1 aliphatic carbocycles. The summed E-state index contributed by atoms with van der Waals surface area (Å²) < 4.78 is 5.31. The molecule has 1 saturated carbocycles. The van der Waals surface area contributed by atoms with Crippen molar-refractivity contribution in [2.24, 2.45) is 5.92 Å². The topological polar surface area (TPSA) is 76.4 Å². The van der Waals surface area contributed by atoms with E-state index in [4.69, 9.17) is 10.5 Å². The minimum atomic E-state index is -0.172. The van der Waals surface area contributed by atoms with Crippen LogP contribution in [-0.4, -0.2) is 26.6 Å². The van der Waals surface area contributed by atoms with Crippen LogP contribution >= 0.6 is 11.3 Å². The number of thiophene rings is 1. The summed E-state index contributed by atoms with van der Waals surface area (Å²) in [6.07, 6.45) is 5.19. The Balaban J connectivity index is 2.12. The molecule has 1 aromatic heterocycles. The van der Waals surface area contributed by atoms with Crippen molar-refractivity contribution in [1.82, 2.24) is 5.32 Å². The lowest BCUT2D eigenvalue weighted by Gasteiger charge is -2.11. The van der Waals surface area contributed by atoms with Gasteiger partial charge in [-0.3, -0.25) is 4.79 Å². The van der Waals surface area contributed by atoms with Crippen LogP contribution in [0.4, 0.5) is 10.7 Å². The first-order valence-electron chi connectivity index (χ1n) is 6.59. The third-order valence-corrected chi connectivity index (χ3v) is 4.71. The van der Waals surface area contributed by atoms with Crippen LogP contribution in [0.3, 0.4) is 0 Å². The van der Waals surface area contributed by atoms with Crippen LogP contribution in [0.5, 0.6) is 5.75 Å². The summed E-state index contributed by atoms with van der Waals surface area (Å²) in [5.41, 5.74) is 6.38. The standard InChI is InChI=1S/C13H21N3O2S/c1-15-12(17)11-9(14)10(18-2)13(19-11)16-7-8-5-3-4-6-8/h8,16H,3-7,14H2,1-2H3,(H,15,17). The lowest BCUT2D eigenvalue weighted by Crippen LogP contribution is -2.17. The number of anilines is 2. The van der Waals surface area contributed by atoms with Crippen molar-refractivity contribution >= 4 is 27.9 Å². The molecule has 1 amide bonds.